The molecular formula is C53H39N3. The van der Waals surface area contributed by atoms with E-state index in [-0.39, 0.29) is 0 Å². The molecule has 9 aromatic rings. The van der Waals surface area contributed by atoms with Gasteiger partial charge >= 0.3 is 0 Å². The summed E-state index contributed by atoms with van der Waals surface area (Å²) in [5.74, 6) is 0.701. The van der Waals surface area contributed by atoms with Crippen LogP contribution in [0.5, 0.6) is 0 Å². The van der Waals surface area contributed by atoms with Crippen molar-refractivity contribution in [1.82, 2.24) is 15.0 Å². The topological polar surface area (TPSA) is 38.7 Å². The van der Waals surface area contributed by atoms with Crippen molar-refractivity contribution in [3.63, 3.8) is 0 Å². The second kappa shape index (κ2) is 14.4. The molecule has 0 aliphatic heterocycles. The zero-order valence-electron chi connectivity index (χ0n) is 31.3. The first-order chi connectivity index (χ1) is 27.7. The monoisotopic (exact) mass is 717 g/mol. The van der Waals surface area contributed by atoms with Gasteiger partial charge in [-0.15, -0.1) is 0 Å². The van der Waals surface area contributed by atoms with Crippen molar-refractivity contribution < 1.29 is 0 Å². The minimum atomic E-state index is 0.701. The van der Waals surface area contributed by atoms with Gasteiger partial charge in [0.1, 0.15) is 0 Å². The van der Waals surface area contributed by atoms with E-state index in [9.17, 15) is 0 Å². The molecule has 0 spiro atoms. The van der Waals surface area contributed by atoms with E-state index in [1.54, 1.807) is 0 Å². The lowest BCUT2D eigenvalue weighted by Crippen LogP contribution is -2.01. The smallest absolute Gasteiger partial charge is 0.160 e. The molecule has 0 atom stereocenters. The number of hydrogen-bond donors (Lipinski definition) is 0. The molecular weight excluding hydrogens is 679 g/mol. The van der Waals surface area contributed by atoms with Crippen LogP contribution in [0, 0.1) is 0 Å². The standard InChI is InChI=1S/C53H39N3/c1-2-35(15-11-17-38-31-37-14-3-4-20-42(37)44-22-6-5-21-43(38)44)51-33-52(39-18-12-16-36(30-39)41-19-13-29-54-34-41)56-53(55-51)40-27-28-49-47-25-8-7-23-45(47)46-24-9-10-26-48(46)50(49)32-40/h2-4,6-16,18-20,22-34H,5,17,21H2,1H3/b15-11-,35-2+. The molecule has 0 saturated carbocycles. The summed E-state index contributed by atoms with van der Waals surface area (Å²) in [5.41, 5.74) is 11.2. The van der Waals surface area contributed by atoms with E-state index in [2.05, 4.69) is 176 Å². The van der Waals surface area contributed by atoms with Crippen LogP contribution in [0.15, 0.2) is 176 Å². The molecule has 0 fully saturated rings. The summed E-state index contributed by atoms with van der Waals surface area (Å²) in [4.78, 5) is 15.0. The fourth-order valence-corrected chi connectivity index (χ4v) is 8.53. The molecule has 56 heavy (non-hydrogen) atoms. The zero-order chi connectivity index (χ0) is 37.4. The lowest BCUT2D eigenvalue weighted by Gasteiger charge is -2.18. The van der Waals surface area contributed by atoms with Gasteiger partial charge in [-0.05, 0) is 121 Å². The SMILES string of the molecule is C/C=C(\C=C/Cc1cc2ccccc2c2c1CCC=C2)c1cc(-c2cccc(-c3cccnc3)c2)nc(-c2ccc3c4ccccc4c4ccccc4c3c2)n1. The number of nitrogens with zero attached hydrogens (tertiary/aromatic N) is 3. The summed E-state index contributed by atoms with van der Waals surface area (Å²) in [7, 11) is 0. The average molecular weight is 718 g/mol. The Bertz CT molecular complexity index is 3030. The first-order valence-electron chi connectivity index (χ1n) is 19.5. The number of rotatable bonds is 7. The van der Waals surface area contributed by atoms with Crippen molar-refractivity contribution in [2.45, 2.75) is 26.2 Å². The average Bonchev–Trinajstić information content (AvgIpc) is 3.28. The number of aromatic nitrogens is 3. The normalized spacial score (nSPS) is 13.0. The van der Waals surface area contributed by atoms with Gasteiger partial charge in [0.15, 0.2) is 5.82 Å². The van der Waals surface area contributed by atoms with E-state index < -0.39 is 0 Å². The molecule has 10 rings (SSSR count). The van der Waals surface area contributed by atoms with E-state index >= 15 is 0 Å². The fourth-order valence-electron chi connectivity index (χ4n) is 8.53. The Morgan fingerprint density at radius 2 is 1.32 bits per heavy atom. The highest BCUT2D eigenvalue weighted by atomic mass is 14.9. The van der Waals surface area contributed by atoms with Crippen LogP contribution in [0.4, 0.5) is 0 Å². The van der Waals surface area contributed by atoms with Crippen molar-refractivity contribution in [1.29, 1.82) is 0 Å². The number of fused-ring (bicyclic) bond motifs is 9. The number of allylic oxidation sites excluding steroid dienone is 5. The molecule has 1 aliphatic carbocycles. The van der Waals surface area contributed by atoms with E-state index in [0.717, 1.165) is 58.5 Å². The van der Waals surface area contributed by atoms with E-state index in [0.29, 0.717) is 5.82 Å². The Hall–Kier alpha value is -6.97. The molecule has 266 valence electrons. The van der Waals surface area contributed by atoms with Gasteiger partial charge in [-0.25, -0.2) is 9.97 Å². The lowest BCUT2D eigenvalue weighted by atomic mass is 9.87. The van der Waals surface area contributed by atoms with Crippen LogP contribution in [0.2, 0.25) is 0 Å². The number of pyridine rings is 1. The van der Waals surface area contributed by atoms with Gasteiger partial charge in [0.25, 0.3) is 0 Å². The number of benzene rings is 7. The van der Waals surface area contributed by atoms with Gasteiger partial charge in [-0.2, -0.15) is 0 Å². The molecule has 0 saturated heterocycles. The summed E-state index contributed by atoms with van der Waals surface area (Å²) in [5, 5.41) is 10.1. The van der Waals surface area contributed by atoms with Crippen LogP contribution in [0.25, 0.3) is 88.5 Å². The van der Waals surface area contributed by atoms with Crippen LogP contribution in [0.3, 0.4) is 0 Å². The van der Waals surface area contributed by atoms with E-state index in [4.69, 9.17) is 9.97 Å². The molecule has 2 heterocycles. The highest BCUT2D eigenvalue weighted by molar-refractivity contribution is 6.25. The molecule has 0 amide bonds. The minimum absolute atomic E-state index is 0.701. The van der Waals surface area contributed by atoms with Crippen LogP contribution in [-0.4, -0.2) is 15.0 Å². The third-order valence-electron chi connectivity index (χ3n) is 11.3. The van der Waals surface area contributed by atoms with Crippen LogP contribution in [0.1, 0.15) is 35.7 Å². The maximum absolute atomic E-state index is 5.32. The Morgan fingerprint density at radius 1 is 0.607 bits per heavy atom. The Kier molecular flexibility index (Phi) is 8.61. The zero-order valence-corrected chi connectivity index (χ0v) is 31.3. The molecule has 2 aromatic heterocycles. The molecule has 0 unspecified atom stereocenters. The molecule has 0 radical (unpaired) electrons. The Morgan fingerprint density at radius 3 is 2.09 bits per heavy atom. The molecule has 0 N–H and O–H groups in total. The Labute approximate surface area is 327 Å². The molecule has 7 aromatic carbocycles. The van der Waals surface area contributed by atoms with Crippen LogP contribution < -0.4 is 0 Å². The maximum atomic E-state index is 5.32. The maximum Gasteiger partial charge on any atom is 0.160 e. The van der Waals surface area contributed by atoms with Crippen molar-refractivity contribution in [2.24, 2.45) is 0 Å². The van der Waals surface area contributed by atoms with Gasteiger partial charge < -0.3 is 0 Å². The van der Waals surface area contributed by atoms with E-state index in [1.807, 2.05) is 18.5 Å². The predicted molar refractivity (Wildman–Crippen MR) is 236 cm³/mol. The van der Waals surface area contributed by atoms with Gasteiger partial charge in [0, 0.05) is 29.1 Å². The second-order valence-electron chi connectivity index (χ2n) is 14.6. The summed E-state index contributed by atoms with van der Waals surface area (Å²) in [6.45, 7) is 2.10. The van der Waals surface area contributed by atoms with Crippen molar-refractivity contribution in [3.8, 4) is 33.8 Å². The minimum Gasteiger partial charge on any atom is -0.264 e. The first kappa shape index (κ1) is 33.6. The second-order valence-corrected chi connectivity index (χ2v) is 14.6. The number of hydrogen-bond acceptors (Lipinski definition) is 3. The quantitative estimate of drug-likeness (QED) is 0.122. The third kappa shape index (κ3) is 6.08. The van der Waals surface area contributed by atoms with Gasteiger partial charge in [0.2, 0.25) is 0 Å². The highest BCUT2D eigenvalue weighted by Gasteiger charge is 2.16. The highest BCUT2D eigenvalue weighted by Crippen LogP contribution is 2.38. The van der Waals surface area contributed by atoms with E-state index in [1.165, 1.54) is 59.8 Å². The first-order valence-corrected chi connectivity index (χ1v) is 19.5. The molecule has 1 aliphatic rings. The third-order valence-corrected chi connectivity index (χ3v) is 11.3. The van der Waals surface area contributed by atoms with Crippen LogP contribution in [-0.2, 0) is 12.8 Å². The summed E-state index contributed by atoms with van der Waals surface area (Å²) < 4.78 is 0. The van der Waals surface area contributed by atoms with Crippen molar-refractivity contribution >= 4 is 54.7 Å². The van der Waals surface area contributed by atoms with Crippen molar-refractivity contribution in [3.05, 3.63) is 199 Å². The van der Waals surface area contributed by atoms with Gasteiger partial charge in [-0.1, -0.05) is 146 Å². The van der Waals surface area contributed by atoms with Gasteiger partial charge in [-0.3, -0.25) is 4.98 Å². The molecule has 3 heteroatoms. The van der Waals surface area contributed by atoms with Crippen molar-refractivity contribution in [2.75, 3.05) is 0 Å². The largest absolute Gasteiger partial charge is 0.264 e. The summed E-state index contributed by atoms with van der Waals surface area (Å²) in [6, 6.07) is 50.0. The predicted octanol–water partition coefficient (Wildman–Crippen LogP) is 13.6. The summed E-state index contributed by atoms with van der Waals surface area (Å²) >= 11 is 0. The lowest BCUT2D eigenvalue weighted by molar-refractivity contribution is 0.964. The fraction of sp³-hybridized carbons (Fsp3) is 0.0755. The Balaban J connectivity index is 1.10. The molecule has 0 bridgehead atoms. The molecule has 3 nitrogen and oxygen atoms in total. The summed E-state index contributed by atoms with van der Waals surface area (Å²) in [6.07, 6.45) is 18.0. The van der Waals surface area contributed by atoms with Crippen LogP contribution >= 0.6 is 0 Å². The van der Waals surface area contributed by atoms with Gasteiger partial charge in [0.05, 0.1) is 11.4 Å².